The highest BCUT2D eigenvalue weighted by molar-refractivity contribution is 7.16. The zero-order chi connectivity index (χ0) is 23.8. The number of aromatic nitrogens is 5. The molecule has 1 atom stereocenters. The average molecular weight is 472 g/mol. The van der Waals surface area contributed by atoms with E-state index in [9.17, 15) is 10.1 Å². The highest BCUT2D eigenvalue weighted by atomic mass is 32.1. The molecule has 0 aliphatic carbocycles. The minimum atomic E-state index is -0.371. The number of nitrogens with one attached hydrogen (secondary N) is 1. The van der Waals surface area contributed by atoms with Gasteiger partial charge in [0.2, 0.25) is 0 Å². The molecular weight excluding hydrogens is 450 g/mol. The number of nitro groups is 1. The van der Waals surface area contributed by atoms with Crippen LogP contribution in [0.2, 0.25) is 0 Å². The van der Waals surface area contributed by atoms with E-state index in [0.29, 0.717) is 22.8 Å². The summed E-state index contributed by atoms with van der Waals surface area (Å²) in [7, 11) is 1.78. The number of hydrogen-bond acceptors (Lipinski definition) is 8. The molecule has 170 valence electrons. The normalized spacial score (nSPS) is 12.1. The lowest BCUT2D eigenvalue weighted by atomic mass is 10.00. The molecule has 0 amide bonds. The summed E-state index contributed by atoms with van der Waals surface area (Å²) in [6.45, 7) is 3.85. The molecule has 1 unspecified atom stereocenters. The van der Waals surface area contributed by atoms with Crippen LogP contribution in [0.5, 0.6) is 0 Å². The van der Waals surface area contributed by atoms with Gasteiger partial charge < -0.3 is 5.32 Å². The number of nitro benzene ring substituents is 1. The van der Waals surface area contributed by atoms with Gasteiger partial charge in [0, 0.05) is 42.5 Å². The van der Waals surface area contributed by atoms with Gasteiger partial charge in [-0.05, 0) is 37.6 Å². The Balaban J connectivity index is 1.46. The minimum absolute atomic E-state index is 0.0441. The van der Waals surface area contributed by atoms with Crippen molar-refractivity contribution in [1.82, 2.24) is 24.7 Å². The third kappa shape index (κ3) is 4.23. The lowest BCUT2D eigenvalue weighted by Gasteiger charge is -2.17. The van der Waals surface area contributed by atoms with E-state index in [1.165, 1.54) is 6.07 Å². The fourth-order valence-corrected chi connectivity index (χ4v) is 4.60. The molecule has 0 aliphatic rings. The first-order chi connectivity index (χ1) is 16.4. The van der Waals surface area contributed by atoms with Gasteiger partial charge in [-0.15, -0.1) is 11.3 Å². The van der Waals surface area contributed by atoms with Crippen LogP contribution in [0, 0.1) is 17.0 Å². The molecule has 5 rings (SSSR count). The summed E-state index contributed by atoms with van der Waals surface area (Å²) >= 11 is 1.59. The summed E-state index contributed by atoms with van der Waals surface area (Å²) in [5.74, 6) is 1.33. The van der Waals surface area contributed by atoms with Gasteiger partial charge in [-0.25, -0.2) is 15.0 Å². The van der Waals surface area contributed by atoms with Crippen LogP contribution in [-0.4, -0.2) is 29.7 Å². The summed E-state index contributed by atoms with van der Waals surface area (Å²) in [5, 5.41) is 19.2. The van der Waals surface area contributed by atoms with Crippen LogP contribution in [0.3, 0.4) is 0 Å². The van der Waals surface area contributed by atoms with Crippen molar-refractivity contribution >= 4 is 33.1 Å². The van der Waals surface area contributed by atoms with E-state index in [1.54, 1.807) is 41.5 Å². The number of thiazole rings is 1. The summed E-state index contributed by atoms with van der Waals surface area (Å²) in [6, 6.07) is 13.0. The topological polar surface area (TPSA) is 112 Å². The second-order valence-electron chi connectivity index (χ2n) is 8.02. The molecule has 3 aromatic heterocycles. The lowest BCUT2D eigenvalue weighted by Crippen LogP contribution is -2.09. The number of benzene rings is 2. The minimum Gasteiger partial charge on any atom is -0.363 e. The van der Waals surface area contributed by atoms with Crippen LogP contribution >= 0.6 is 11.3 Å². The molecule has 2 aromatic carbocycles. The molecule has 0 radical (unpaired) electrons. The summed E-state index contributed by atoms with van der Waals surface area (Å²) < 4.78 is 2.73. The molecule has 0 aliphatic heterocycles. The molecule has 34 heavy (non-hydrogen) atoms. The fraction of sp³-hybridized carbons (Fsp3) is 0.167. The van der Waals surface area contributed by atoms with E-state index in [0.717, 1.165) is 27.0 Å². The van der Waals surface area contributed by atoms with Gasteiger partial charge in [0.15, 0.2) is 0 Å². The van der Waals surface area contributed by atoms with Crippen molar-refractivity contribution in [2.75, 3.05) is 5.32 Å². The number of nitrogens with zero attached hydrogens (tertiary/aromatic N) is 6. The molecule has 9 nitrogen and oxygen atoms in total. The van der Waals surface area contributed by atoms with E-state index in [-0.39, 0.29) is 16.7 Å². The number of aryl methyl sites for hydroxylation is 2. The first kappa shape index (κ1) is 21.7. The maximum atomic E-state index is 11.6. The molecule has 10 heteroatoms. The van der Waals surface area contributed by atoms with E-state index in [1.807, 2.05) is 43.6 Å². The Morgan fingerprint density at radius 1 is 1.12 bits per heavy atom. The van der Waals surface area contributed by atoms with E-state index >= 15 is 0 Å². The van der Waals surface area contributed by atoms with Crippen LogP contribution in [0.1, 0.15) is 24.4 Å². The van der Waals surface area contributed by atoms with Gasteiger partial charge >= 0.3 is 0 Å². The predicted molar refractivity (Wildman–Crippen MR) is 133 cm³/mol. The smallest absolute Gasteiger partial charge is 0.277 e. The van der Waals surface area contributed by atoms with E-state index in [4.69, 9.17) is 0 Å². The quantitative estimate of drug-likeness (QED) is 0.255. The number of anilines is 1. The molecule has 0 spiro atoms. The second kappa shape index (κ2) is 8.64. The van der Waals surface area contributed by atoms with Gasteiger partial charge in [0.05, 0.1) is 38.1 Å². The maximum Gasteiger partial charge on any atom is 0.277 e. The van der Waals surface area contributed by atoms with E-state index in [2.05, 4.69) is 31.4 Å². The Kier molecular flexibility index (Phi) is 5.50. The third-order valence-corrected chi connectivity index (χ3v) is 6.35. The van der Waals surface area contributed by atoms with E-state index < -0.39 is 0 Å². The van der Waals surface area contributed by atoms with Gasteiger partial charge in [-0.1, -0.05) is 12.1 Å². The summed E-state index contributed by atoms with van der Waals surface area (Å²) in [6.07, 6.45) is 3.40. The van der Waals surface area contributed by atoms with Crippen LogP contribution in [0.4, 0.5) is 11.5 Å². The average Bonchev–Trinajstić information content (AvgIpc) is 3.46. The molecule has 1 N–H and O–H groups in total. The maximum absolute atomic E-state index is 11.6. The van der Waals surface area contributed by atoms with Crippen molar-refractivity contribution in [3.63, 3.8) is 0 Å². The Bertz CT molecular complexity index is 1530. The predicted octanol–water partition coefficient (Wildman–Crippen LogP) is 5.54. The first-order valence-electron chi connectivity index (χ1n) is 10.6. The van der Waals surface area contributed by atoms with Crippen LogP contribution in [0.15, 0.2) is 60.4 Å². The summed E-state index contributed by atoms with van der Waals surface area (Å²) in [4.78, 5) is 24.7. The van der Waals surface area contributed by atoms with Crippen molar-refractivity contribution in [2.45, 2.75) is 19.9 Å². The molecule has 0 saturated heterocycles. The number of fused-ring (bicyclic) bond motifs is 1. The van der Waals surface area contributed by atoms with Crippen molar-refractivity contribution in [1.29, 1.82) is 0 Å². The van der Waals surface area contributed by atoms with Crippen molar-refractivity contribution in [3.8, 4) is 22.4 Å². The highest BCUT2D eigenvalue weighted by Gasteiger charge is 2.19. The Labute approximate surface area is 199 Å². The molecule has 0 fully saturated rings. The molecule has 5 aromatic rings. The van der Waals surface area contributed by atoms with Crippen LogP contribution in [0.25, 0.3) is 32.6 Å². The summed E-state index contributed by atoms with van der Waals surface area (Å²) in [5.41, 5.74) is 6.77. The van der Waals surface area contributed by atoms with Crippen molar-refractivity contribution in [2.24, 2.45) is 7.05 Å². The molecule has 3 heterocycles. The molecule has 0 saturated carbocycles. The Morgan fingerprint density at radius 2 is 1.97 bits per heavy atom. The Hall–Kier alpha value is -4.18. The number of hydrogen-bond donors (Lipinski definition) is 1. The first-order valence-corrected chi connectivity index (χ1v) is 11.5. The van der Waals surface area contributed by atoms with Crippen LogP contribution in [-0.2, 0) is 7.05 Å². The lowest BCUT2D eigenvalue weighted by molar-refractivity contribution is -0.384. The van der Waals surface area contributed by atoms with Gasteiger partial charge in [-0.2, -0.15) is 5.10 Å². The van der Waals surface area contributed by atoms with Crippen LogP contribution < -0.4 is 5.32 Å². The van der Waals surface area contributed by atoms with Gasteiger partial charge in [0.1, 0.15) is 11.6 Å². The monoisotopic (exact) mass is 471 g/mol. The molecular formula is C24H21N7O2S. The number of rotatable bonds is 6. The molecule has 0 bridgehead atoms. The van der Waals surface area contributed by atoms with Gasteiger partial charge in [0.25, 0.3) is 5.69 Å². The zero-order valence-electron chi connectivity index (χ0n) is 18.8. The van der Waals surface area contributed by atoms with Gasteiger partial charge in [-0.3, -0.25) is 14.8 Å². The largest absolute Gasteiger partial charge is 0.363 e. The zero-order valence-corrected chi connectivity index (χ0v) is 19.6. The SMILES string of the molecule is Cc1nc(NC(C)c2ccc([N+](=O)[O-])c(-c3cnn(C)c3)c2)cc(-c2ccc3ncsc3c2)n1. The third-order valence-electron chi connectivity index (χ3n) is 5.56. The second-order valence-corrected chi connectivity index (χ2v) is 8.91. The van der Waals surface area contributed by atoms with Crippen molar-refractivity contribution < 1.29 is 4.92 Å². The fourth-order valence-electron chi connectivity index (χ4n) is 3.88. The van der Waals surface area contributed by atoms with Crippen molar-refractivity contribution in [3.05, 3.63) is 81.9 Å². The Morgan fingerprint density at radius 3 is 2.74 bits per heavy atom. The highest BCUT2D eigenvalue weighted by Crippen LogP contribution is 2.33. The standard InChI is InChI=1S/C24H21N7O2S/c1-14(16-5-7-22(31(32)33)19(8-16)18-11-26-30(3)12-18)27-24-10-21(28-15(2)29-24)17-4-6-20-23(9-17)34-13-25-20/h4-14H,1-3H3,(H,27,28,29).